The molecule has 0 radical (unpaired) electrons. The second kappa shape index (κ2) is 5.86. The zero-order valence-corrected chi connectivity index (χ0v) is 13.4. The number of hydrogen-bond acceptors (Lipinski definition) is 4. The normalized spacial score (nSPS) is 10.8. The van der Waals surface area contributed by atoms with E-state index in [4.69, 9.17) is 0 Å². The van der Waals surface area contributed by atoms with Gasteiger partial charge in [-0.05, 0) is 23.8 Å². The molecule has 0 aliphatic rings. The summed E-state index contributed by atoms with van der Waals surface area (Å²) < 4.78 is 1.15. The molecule has 0 bridgehead atoms. The van der Waals surface area contributed by atoms with Crippen LogP contribution in [0.4, 0.5) is 5.69 Å². The van der Waals surface area contributed by atoms with E-state index in [0.717, 1.165) is 26.4 Å². The van der Waals surface area contributed by atoms with Crippen molar-refractivity contribution in [1.82, 2.24) is 4.98 Å². The summed E-state index contributed by atoms with van der Waals surface area (Å²) in [5.74, 6) is 0. The Bertz CT molecular complexity index is 1010. The summed E-state index contributed by atoms with van der Waals surface area (Å²) in [5.41, 5.74) is 3.56. The molecule has 0 fully saturated rings. The van der Waals surface area contributed by atoms with E-state index >= 15 is 0 Å². The number of fused-ring (bicyclic) bond motifs is 1. The lowest BCUT2D eigenvalue weighted by Gasteiger charge is -2.04. The molecule has 0 spiro atoms. The quantitative estimate of drug-likeness (QED) is 0.366. The van der Waals surface area contributed by atoms with Gasteiger partial charge in [0.1, 0.15) is 5.01 Å². The number of nitro benzene ring substituents is 1. The average molecular weight is 332 g/mol. The Hall–Kier alpha value is -3.05. The third-order valence-electron chi connectivity index (χ3n) is 3.84. The third kappa shape index (κ3) is 2.55. The Kier molecular flexibility index (Phi) is 3.55. The first-order valence-corrected chi connectivity index (χ1v) is 8.24. The Morgan fingerprint density at radius 1 is 0.833 bits per heavy atom. The van der Waals surface area contributed by atoms with Gasteiger partial charge in [0.2, 0.25) is 0 Å². The summed E-state index contributed by atoms with van der Waals surface area (Å²) in [4.78, 5) is 15.5. The van der Waals surface area contributed by atoms with Crippen molar-refractivity contribution in [2.75, 3.05) is 0 Å². The van der Waals surface area contributed by atoms with E-state index in [1.807, 2.05) is 48.5 Å². The van der Waals surface area contributed by atoms with E-state index in [1.54, 1.807) is 23.5 Å². The van der Waals surface area contributed by atoms with Crippen molar-refractivity contribution in [3.63, 3.8) is 0 Å². The Morgan fingerprint density at radius 2 is 1.50 bits per heavy atom. The zero-order valence-electron chi connectivity index (χ0n) is 12.5. The molecule has 24 heavy (non-hydrogen) atoms. The number of benzene rings is 3. The predicted octanol–water partition coefficient (Wildman–Crippen LogP) is 5.54. The van der Waals surface area contributed by atoms with E-state index in [1.165, 1.54) is 6.07 Å². The topological polar surface area (TPSA) is 56.0 Å². The molecule has 4 nitrogen and oxygen atoms in total. The molecule has 5 heteroatoms. The number of nitrogens with zero attached hydrogens (tertiary/aromatic N) is 2. The van der Waals surface area contributed by atoms with Crippen molar-refractivity contribution >= 4 is 27.2 Å². The molecule has 3 aromatic carbocycles. The minimum Gasteiger partial charge on any atom is -0.258 e. The molecule has 0 atom stereocenters. The molecule has 0 aliphatic heterocycles. The maximum Gasteiger partial charge on any atom is 0.277 e. The first kappa shape index (κ1) is 14.5. The standard InChI is InChI=1S/C19H12N2O2S/c22-21(23)17-7-3-1-5-15(17)13-9-11-14(12-10-13)19-20-16-6-2-4-8-18(16)24-19/h1-12H. The second-order valence-electron chi connectivity index (χ2n) is 5.34. The molecule has 1 aromatic heterocycles. The highest BCUT2D eigenvalue weighted by Gasteiger charge is 2.14. The lowest BCUT2D eigenvalue weighted by Crippen LogP contribution is -1.91. The van der Waals surface area contributed by atoms with Gasteiger partial charge in [0.05, 0.1) is 20.7 Å². The van der Waals surface area contributed by atoms with E-state index in [9.17, 15) is 10.1 Å². The van der Waals surface area contributed by atoms with Crippen molar-refractivity contribution in [2.45, 2.75) is 0 Å². The van der Waals surface area contributed by atoms with Crippen LogP contribution in [0.3, 0.4) is 0 Å². The molecule has 0 saturated carbocycles. The van der Waals surface area contributed by atoms with Crippen molar-refractivity contribution in [3.05, 3.63) is 82.9 Å². The smallest absolute Gasteiger partial charge is 0.258 e. The Balaban J connectivity index is 1.74. The maximum absolute atomic E-state index is 11.2. The molecule has 0 unspecified atom stereocenters. The van der Waals surface area contributed by atoms with Gasteiger partial charge >= 0.3 is 0 Å². The van der Waals surface area contributed by atoms with E-state index in [0.29, 0.717) is 5.56 Å². The average Bonchev–Trinajstić information content (AvgIpc) is 3.06. The van der Waals surface area contributed by atoms with Crippen LogP contribution < -0.4 is 0 Å². The summed E-state index contributed by atoms with van der Waals surface area (Å²) in [6, 6.07) is 22.5. The van der Waals surface area contributed by atoms with Gasteiger partial charge in [-0.25, -0.2) is 4.98 Å². The lowest BCUT2D eigenvalue weighted by atomic mass is 10.0. The SMILES string of the molecule is O=[N+]([O-])c1ccccc1-c1ccc(-c2nc3ccccc3s2)cc1. The highest BCUT2D eigenvalue weighted by molar-refractivity contribution is 7.21. The van der Waals surface area contributed by atoms with Gasteiger partial charge in [-0.3, -0.25) is 10.1 Å². The lowest BCUT2D eigenvalue weighted by molar-refractivity contribution is -0.384. The van der Waals surface area contributed by atoms with E-state index in [2.05, 4.69) is 11.1 Å². The molecule has 0 aliphatic carbocycles. The fourth-order valence-electron chi connectivity index (χ4n) is 2.67. The molecule has 4 rings (SSSR count). The van der Waals surface area contributed by atoms with Crippen LogP contribution in [0, 0.1) is 10.1 Å². The van der Waals surface area contributed by atoms with Gasteiger partial charge in [0.25, 0.3) is 5.69 Å². The highest BCUT2D eigenvalue weighted by Crippen LogP contribution is 2.33. The summed E-state index contributed by atoms with van der Waals surface area (Å²) in [6.07, 6.45) is 0. The molecule has 1 heterocycles. The molecular formula is C19H12N2O2S. The number of nitro groups is 1. The third-order valence-corrected chi connectivity index (χ3v) is 4.92. The van der Waals surface area contributed by atoms with Crippen molar-refractivity contribution < 1.29 is 4.92 Å². The highest BCUT2D eigenvalue weighted by atomic mass is 32.1. The Morgan fingerprint density at radius 3 is 2.25 bits per heavy atom. The van der Waals surface area contributed by atoms with Crippen LogP contribution in [0.5, 0.6) is 0 Å². The minimum atomic E-state index is -0.350. The van der Waals surface area contributed by atoms with Gasteiger partial charge in [0.15, 0.2) is 0 Å². The van der Waals surface area contributed by atoms with Crippen LogP contribution in [0.15, 0.2) is 72.8 Å². The summed E-state index contributed by atoms with van der Waals surface area (Å²) in [5, 5.41) is 12.1. The van der Waals surface area contributed by atoms with Gasteiger partial charge in [-0.15, -0.1) is 11.3 Å². The number of para-hydroxylation sites is 2. The van der Waals surface area contributed by atoms with Gasteiger partial charge in [0, 0.05) is 11.6 Å². The van der Waals surface area contributed by atoms with Gasteiger partial charge in [-0.2, -0.15) is 0 Å². The fourth-order valence-corrected chi connectivity index (χ4v) is 3.64. The van der Waals surface area contributed by atoms with Gasteiger partial charge in [-0.1, -0.05) is 48.5 Å². The molecular weight excluding hydrogens is 320 g/mol. The first-order valence-electron chi connectivity index (χ1n) is 7.42. The molecule has 116 valence electrons. The van der Waals surface area contributed by atoms with Crippen molar-refractivity contribution in [2.24, 2.45) is 0 Å². The maximum atomic E-state index is 11.2. The van der Waals surface area contributed by atoms with E-state index < -0.39 is 0 Å². The van der Waals surface area contributed by atoms with E-state index in [-0.39, 0.29) is 10.6 Å². The summed E-state index contributed by atoms with van der Waals surface area (Å²) >= 11 is 1.64. The first-order chi connectivity index (χ1) is 11.7. The number of thiazole rings is 1. The van der Waals surface area contributed by atoms with Crippen molar-refractivity contribution in [1.29, 1.82) is 0 Å². The number of aromatic nitrogens is 1. The Labute approximate surface area is 142 Å². The monoisotopic (exact) mass is 332 g/mol. The largest absolute Gasteiger partial charge is 0.277 e. The summed E-state index contributed by atoms with van der Waals surface area (Å²) in [7, 11) is 0. The van der Waals surface area contributed by atoms with Crippen molar-refractivity contribution in [3.8, 4) is 21.7 Å². The van der Waals surface area contributed by atoms with Crippen LogP contribution in [-0.4, -0.2) is 9.91 Å². The molecule has 0 amide bonds. The molecule has 0 N–H and O–H groups in total. The predicted molar refractivity (Wildman–Crippen MR) is 97.1 cm³/mol. The summed E-state index contributed by atoms with van der Waals surface area (Å²) in [6.45, 7) is 0. The minimum absolute atomic E-state index is 0.116. The molecule has 4 aromatic rings. The van der Waals surface area contributed by atoms with Crippen LogP contribution in [0.25, 0.3) is 31.9 Å². The second-order valence-corrected chi connectivity index (χ2v) is 6.37. The van der Waals surface area contributed by atoms with Gasteiger partial charge < -0.3 is 0 Å². The number of rotatable bonds is 3. The fraction of sp³-hybridized carbons (Fsp3) is 0. The van der Waals surface area contributed by atoms with Crippen LogP contribution in [0.2, 0.25) is 0 Å². The van der Waals surface area contributed by atoms with Crippen LogP contribution >= 0.6 is 11.3 Å². The zero-order chi connectivity index (χ0) is 16.5. The van der Waals surface area contributed by atoms with Crippen LogP contribution in [0.1, 0.15) is 0 Å². The number of hydrogen-bond donors (Lipinski definition) is 0. The molecule has 0 saturated heterocycles. The van der Waals surface area contributed by atoms with Crippen LogP contribution in [-0.2, 0) is 0 Å².